The summed E-state index contributed by atoms with van der Waals surface area (Å²) >= 11 is 6.08. The molecule has 1 aromatic heterocycles. The Balaban J connectivity index is 2.48. The van der Waals surface area contributed by atoms with Gasteiger partial charge in [0, 0.05) is 38.3 Å². The third-order valence-corrected chi connectivity index (χ3v) is 6.67. The lowest BCUT2D eigenvalue weighted by Gasteiger charge is -2.14. The minimum Gasteiger partial charge on any atom is -0.327 e. The molecule has 30 heavy (non-hydrogen) atoms. The molecule has 166 valence electrons. The van der Waals surface area contributed by atoms with E-state index in [1.165, 1.54) is 39.2 Å². The van der Waals surface area contributed by atoms with Gasteiger partial charge in [0.15, 0.2) is 5.69 Å². The van der Waals surface area contributed by atoms with Crippen LogP contribution in [0, 0.1) is 6.92 Å². The van der Waals surface area contributed by atoms with Gasteiger partial charge in [0.25, 0.3) is 0 Å². The average molecular weight is 469 g/mol. The Bertz CT molecular complexity index is 1060. The second-order valence-corrected chi connectivity index (χ2v) is 9.21. The number of hydrogen-bond acceptors (Lipinski definition) is 4. The van der Waals surface area contributed by atoms with Crippen molar-refractivity contribution in [2.24, 2.45) is 5.73 Å². The summed E-state index contributed by atoms with van der Waals surface area (Å²) in [6, 6.07) is 3.92. The molecule has 2 N–H and O–H groups in total. The van der Waals surface area contributed by atoms with Crippen LogP contribution in [0.15, 0.2) is 35.0 Å². The highest BCUT2D eigenvalue weighted by molar-refractivity contribution is 7.89. The van der Waals surface area contributed by atoms with Gasteiger partial charge in [-0.3, -0.25) is 4.68 Å². The van der Waals surface area contributed by atoms with E-state index in [-0.39, 0.29) is 34.1 Å². The first-order valence-corrected chi connectivity index (χ1v) is 10.5. The molecule has 0 aliphatic rings. The molecule has 0 radical (unpaired) electrons. The molecular weight excluding hydrogens is 448 g/mol. The lowest BCUT2D eigenvalue weighted by atomic mass is 10.0. The molecule has 0 bridgehead atoms. The first kappa shape index (κ1) is 24.3. The van der Waals surface area contributed by atoms with E-state index in [9.17, 15) is 26.0 Å². The van der Waals surface area contributed by atoms with Gasteiger partial charge in [-0.05, 0) is 30.7 Å². The SMILES string of the molecule is Cc1c(Cc2ccc(S(=O)(=O)N(C)C)c(Cl)c2)c(C(F)(F)F)nn1CC(F)=CCN. The molecule has 0 fully saturated rings. The van der Waals surface area contributed by atoms with Crippen LogP contribution in [0.1, 0.15) is 22.5 Å². The lowest BCUT2D eigenvalue weighted by Crippen LogP contribution is -2.22. The first-order valence-electron chi connectivity index (χ1n) is 8.68. The monoisotopic (exact) mass is 468 g/mol. The number of aromatic nitrogens is 2. The fourth-order valence-electron chi connectivity index (χ4n) is 2.78. The quantitative estimate of drug-likeness (QED) is 0.630. The van der Waals surface area contributed by atoms with Crippen molar-refractivity contribution in [1.29, 1.82) is 0 Å². The molecule has 6 nitrogen and oxygen atoms in total. The van der Waals surface area contributed by atoms with Gasteiger partial charge in [0.05, 0.1) is 11.6 Å². The number of allylic oxidation sites excluding steroid dienone is 1. The largest absolute Gasteiger partial charge is 0.435 e. The molecule has 0 unspecified atom stereocenters. The maximum atomic E-state index is 13.8. The van der Waals surface area contributed by atoms with E-state index < -0.39 is 34.3 Å². The van der Waals surface area contributed by atoms with E-state index in [1.54, 1.807) is 0 Å². The van der Waals surface area contributed by atoms with Gasteiger partial charge in [0.1, 0.15) is 10.7 Å². The summed E-state index contributed by atoms with van der Waals surface area (Å²) in [5.41, 5.74) is 4.41. The van der Waals surface area contributed by atoms with Crippen molar-refractivity contribution in [2.45, 2.75) is 31.0 Å². The van der Waals surface area contributed by atoms with Crippen LogP contribution in [-0.2, 0) is 29.2 Å². The predicted octanol–water partition coefficient (Wildman–Crippen LogP) is 3.52. The van der Waals surface area contributed by atoms with Crippen LogP contribution < -0.4 is 5.73 Å². The van der Waals surface area contributed by atoms with Crippen LogP contribution >= 0.6 is 11.6 Å². The molecular formula is C18H21ClF4N4O2S. The van der Waals surface area contributed by atoms with Gasteiger partial charge in [0.2, 0.25) is 10.0 Å². The van der Waals surface area contributed by atoms with Gasteiger partial charge in [-0.2, -0.15) is 18.3 Å². The molecule has 0 aliphatic heterocycles. The highest BCUT2D eigenvalue weighted by atomic mass is 35.5. The van der Waals surface area contributed by atoms with E-state index >= 15 is 0 Å². The number of benzene rings is 1. The molecule has 2 rings (SSSR count). The van der Waals surface area contributed by atoms with Crippen molar-refractivity contribution in [3.8, 4) is 0 Å². The normalized spacial score (nSPS) is 13.3. The fourth-order valence-corrected chi connectivity index (χ4v) is 4.21. The van der Waals surface area contributed by atoms with Crippen LogP contribution in [0.5, 0.6) is 0 Å². The highest BCUT2D eigenvalue weighted by Crippen LogP contribution is 2.35. The number of hydrogen-bond donors (Lipinski definition) is 1. The minimum atomic E-state index is -4.75. The third-order valence-electron chi connectivity index (χ3n) is 4.37. The zero-order valence-corrected chi connectivity index (χ0v) is 18.0. The molecule has 1 aromatic carbocycles. The molecule has 0 aliphatic carbocycles. The van der Waals surface area contributed by atoms with Crippen molar-refractivity contribution in [1.82, 2.24) is 14.1 Å². The topological polar surface area (TPSA) is 81.2 Å². The predicted molar refractivity (Wildman–Crippen MR) is 105 cm³/mol. The van der Waals surface area contributed by atoms with E-state index in [0.29, 0.717) is 5.56 Å². The third kappa shape index (κ3) is 5.20. The van der Waals surface area contributed by atoms with Crippen LogP contribution in [0.2, 0.25) is 5.02 Å². The zero-order chi connectivity index (χ0) is 22.9. The number of sulfonamides is 1. The van der Waals surface area contributed by atoms with Crippen molar-refractivity contribution < 1.29 is 26.0 Å². The molecule has 12 heteroatoms. The van der Waals surface area contributed by atoms with Gasteiger partial charge in [-0.25, -0.2) is 17.1 Å². The molecule has 1 heterocycles. The summed E-state index contributed by atoms with van der Waals surface area (Å²) in [6.07, 6.45) is -3.92. The van der Waals surface area contributed by atoms with Crippen molar-refractivity contribution in [3.63, 3.8) is 0 Å². The summed E-state index contributed by atoms with van der Waals surface area (Å²) in [5, 5.41) is 3.42. The van der Waals surface area contributed by atoms with Crippen LogP contribution in [0.4, 0.5) is 17.6 Å². The van der Waals surface area contributed by atoms with Gasteiger partial charge >= 0.3 is 6.18 Å². The Morgan fingerprint density at radius 1 is 1.33 bits per heavy atom. The Labute approximate surface area is 177 Å². The summed E-state index contributed by atoms with van der Waals surface area (Å²) in [4.78, 5) is -0.157. The Morgan fingerprint density at radius 3 is 2.47 bits per heavy atom. The highest BCUT2D eigenvalue weighted by Gasteiger charge is 2.38. The lowest BCUT2D eigenvalue weighted by molar-refractivity contribution is -0.142. The van der Waals surface area contributed by atoms with Crippen molar-refractivity contribution in [2.75, 3.05) is 20.6 Å². The van der Waals surface area contributed by atoms with Crippen molar-refractivity contribution >= 4 is 21.6 Å². The Hall–Kier alpha value is -1.95. The van der Waals surface area contributed by atoms with Crippen LogP contribution in [-0.4, -0.2) is 43.1 Å². The second kappa shape index (κ2) is 9.04. The molecule has 0 atom stereocenters. The zero-order valence-electron chi connectivity index (χ0n) is 16.5. The Morgan fingerprint density at radius 2 is 1.97 bits per heavy atom. The van der Waals surface area contributed by atoms with Gasteiger partial charge < -0.3 is 5.73 Å². The van der Waals surface area contributed by atoms with Crippen molar-refractivity contribution in [3.05, 3.63) is 57.6 Å². The second-order valence-electron chi connectivity index (χ2n) is 6.68. The average Bonchev–Trinajstić information content (AvgIpc) is 2.91. The number of nitrogens with zero attached hydrogens (tertiary/aromatic N) is 3. The first-order chi connectivity index (χ1) is 13.8. The summed E-state index contributed by atoms with van der Waals surface area (Å²) in [5.74, 6) is -0.704. The number of alkyl halides is 3. The Kier molecular flexibility index (Phi) is 7.33. The standard InChI is InChI=1S/C18H21ClF4N4O2S/c1-11-14(17(18(21,22)23)25-27(11)10-13(20)6-7-24)8-12-4-5-16(15(19)9-12)30(28,29)26(2)3/h4-6,9H,7-8,10,24H2,1-3H3. The van der Waals surface area contributed by atoms with E-state index in [2.05, 4.69) is 5.10 Å². The molecule has 0 saturated carbocycles. The van der Waals surface area contributed by atoms with E-state index in [0.717, 1.165) is 15.1 Å². The molecule has 0 amide bonds. The number of rotatable bonds is 7. The fraction of sp³-hybridized carbons (Fsp3) is 0.389. The number of nitrogens with two attached hydrogens (primary N) is 1. The van der Waals surface area contributed by atoms with Gasteiger partial charge in [-0.15, -0.1) is 0 Å². The maximum Gasteiger partial charge on any atom is 0.435 e. The van der Waals surface area contributed by atoms with E-state index in [4.69, 9.17) is 17.3 Å². The van der Waals surface area contributed by atoms with Crippen LogP contribution in [0.25, 0.3) is 0 Å². The summed E-state index contributed by atoms with van der Waals surface area (Å²) in [7, 11) is -1.13. The minimum absolute atomic E-state index is 0.0914. The molecule has 2 aromatic rings. The molecule has 0 saturated heterocycles. The number of halogens is 5. The molecule has 0 spiro atoms. The summed E-state index contributed by atoms with van der Waals surface area (Å²) in [6.45, 7) is 0.832. The smallest absolute Gasteiger partial charge is 0.327 e. The van der Waals surface area contributed by atoms with Crippen LogP contribution in [0.3, 0.4) is 0 Å². The summed E-state index contributed by atoms with van der Waals surface area (Å²) < 4.78 is 80.7. The maximum absolute atomic E-state index is 13.8. The van der Waals surface area contributed by atoms with Gasteiger partial charge in [-0.1, -0.05) is 17.7 Å². The van der Waals surface area contributed by atoms with E-state index in [1.807, 2.05) is 0 Å².